The molecule has 0 bridgehead atoms. The van der Waals surface area contributed by atoms with E-state index in [2.05, 4.69) is 4.98 Å². The largest absolute Gasteiger partial charge is 0.347 e. The quantitative estimate of drug-likeness (QED) is 0.312. The second-order valence-corrected chi connectivity index (χ2v) is 4.34. The van der Waals surface area contributed by atoms with Crippen molar-refractivity contribution in [3.05, 3.63) is 33.0 Å². The first-order valence-corrected chi connectivity index (χ1v) is 5.00. The number of nitrogens with two attached hydrogens (primary N) is 1. The van der Waals surface area contributed by atoms with Crippen LogP contribution in [0.25, 0.3) is 0 Å². The lowest BCUT2D eigenvalue weighted by atomic mass is 9.92. The summed E-state index contributed by atoms with van der Waals surface area (Å²) in [5.41, 5.74) is -0.00570. The van der Waals surface area contributed by atoms with Gasteiger partial charge < -0.3 is 0 Å². The molecule has 0 fully saturated rings. The number of amides is 1. The van der Waals surface area contributed by atoms with Crippen LogP contribution in [0.4, 0.5) is 5.69 Å². The second-order valence-electron chi connectivity index (χ2n) is 4.34. The van der Waals surface area contributed by atoms with Crippen LogP contribution in [-0.2, 0) is 11.3 Å². The maximum Gasteiger partial charge on any atom is 0.347 e. The van der Waals surface area contributed by atoms with E-state index in [-0.39, 0.29) is 12.2 Å². The topological polar surface area (TPSA) is 133 Å². The monoisotopic (exact) mass is 255 g/mol. The van der Waals surface area contributed by atoms with Crippen molar-refractivity contribution in [1.29, 1.82) is 0 Å². The van der Waals surface area contributed by atoms with Crippen molar-refractivity contribution in [2.24, 2.45) is 11.3 Å². The molecule has 1 heterocycles. The van der Waals surface area contributed by atoms with Crippen molar-refractivity contribution in [3.63, 3.8) is 0 Å². The third-order valence-electron chi connectivity index (χ3n) is 2.36. The Balaban J connectivity index is 3.11. The SMILES string of the molecule is CC(C)(Cn1cc([N+](=O)[O-])cnc1=O)C(=O)NN. The van der Waals surface area contributed by atoms with E-state index in [1.807, 2.05) is 5.43 Å². The Morgan fingerprint density at radius 3 is 2.78 bits per heavy atom. The summed E-state index contributed by atoms with van der Waals surface area (Å²) in [5.74, 6) is 4.53. The molecule has 3 N–H and O–H groups in total. The summed E-state index contributed by atoms with van der Waals surface area (Å²) in [6.07, 6.45) is 1.91. The number of nitrogens with zero attached hydrogens (tertiary/aromatic N) is 3. The number of nitro groups is 1. The van der Waals surface area contributed by atoms with E-state index >= 15 is 0 Å². The Kier molecular flexibility index (Phi) is 3.76. The van der Waals surface area contributed by atoms with Crippen LogP contribution in [0.15, 0.2) is 17.2 Å². The maximum absolute atomic E-state index is 11.5. The predicted octanol–water partition coefficient (Wildman–Crippen LogP) is -0.832. The summed E-state index contributed by atoms with van der Waals surface area (Å²) < 4.78 is 1.01. The molecule has 1 aromatic heterocycles. The zero-order chi connectivity index (χ0) is 13.9. The van der Waals surface area contributed by atoms with Gasteiger partial charge in [-0.25, -0.2) is 10.6 Å². The van der Waals surface area contributed by atoms with Crippen LogP contribution >= 0.6 is 0 Å². The van der Waals surface area contributed by atoms with E-state index in [0.717, 1.165) is 17.0 Å². The Hall–Kier alpha value is -2.29. The molecule has 9 heteroatoms. The highest BCUT2D eigenvalue weighted by Gasteiger charge is 2.28. The van der Waals surface area contributed by atoms with Gasteiger partial charge in [0.05, 0.1) is 16.5 Å². The average molecular weight is 255 g/mol. The summed E-state index contributed by atoms with van der Waals surface area (Å²) in [5, 5.41) is 10.6. The minimum absolute atomic E-state index is 0.0659. The van der Waals surface area contributed by atoms with Gasteiger partial charge >= 0.3 is 11.4 Å². The number of carbonyl (C=O) groups excluding carboxylic acids is 1. The van der Waals surface area contributed by atoms with Crippen LogP contribution in [0.5, 0.6) is 0 Å². The lowest BCUT2D eigenvalue weighted by molar-refractivity contribution is -0.385. The number of hydrogen-bond donors (Lipinski definition) is 2. The van der Waals surface area contributed by atoms with E-state index in [1.54, 1.807) is 13.8 Å². The molecule has 9 nitrogen and oxygen atoms in total. The molecule has 0 radical (unpaired) electrons. The Bertz CT molecular complexity index is 536. The Morgan fingerprint density at radius 1 is 1.67 bits per heavy atom. The van der Waals surface area contributed by atoms with Crippen LogP contribution in [0.2, 0.25) is 0 Å². The van der Waals surface area contributed by atoms with E-state index in [9.17, 15) is 19.7 Å². The lowest BCUT2D eigenvalue weighted by Gasteiger charge is -2.22. The van der Waals surface area contributed by atoms with Crippen LogP contribution in [0.1, 0.15) is 13.8 Å². The van der Waals surface area contributed by atoms with Crippen molar-refractivity contribution in [2.45, 2.75) is 20.4 Å². The van der Waals surface area contributed by atoms with Gasteiger partial charge in [0.25, 0.3) is 0 Å². The van der Waals surface area contributed by atoms with Crippen LogP contribution < -0.4 is 17.0 Å². The van der Waals surface area contributed by atoms with Gasteiger partial charge in [-0.3, -0.25) is 24.9 Å². The van der Waals surface area contributed by atoms with E-state index in [4.69, 9.17) is 5.84 Å². The maximum atomic E-state index is 11.5. The fraction of sp³-hybridized carbons (Fsp3) is 0.444. The first-order chi connectivity index (χ1) is 8.27. The number of hydrogen-bond acceptors (Lipinski definition) is 6. The van der Waals surface area contributed by atoms with Gasteiger partial charge in [0.1, 0.15) is 6.20 Å². The smallest absolute Gasteiger partial charge is 0.294 e. The van der Waals surface area contributed by atoms with Gasteiger partial charge in [-0.15, -0.1) is 0 Å². The molecule has 0 saturated carbocycles. The van der Waals surface area contributed by atoms with E-state index in [1.165, 1.54) is 0 Å². The second kappa shape index (κ2) is 4.92. The van der Waals surface area contributed by atoms with Crippen molar-refractivity contribution < 1.29 is 9.72 Å². The zero-order valence-electron chi connectivity index (χ0n) is 9.91. The molecular weight excluding hydrogens is 242 g/mol. The zero-order valence-corrected chi connectivity index (χ0v) is 9.91. The summed E-state index contributed by atoms with van der Waals surface area (Å²) in [4.78, 5) is 36.2. The van der Waals surface area contributed by atoms with Crippen LogP contribution in [0.3, 0.4) is 0 Å². The van der Waals surface area contributed by atoms with E-state index < -0.39 is 21.9 Å². The van der Waals surface area contributed by atoms with Crippen LogP contribution in [-0.4, -0.2) is 20.4 Å². The Labute approximate surface area is 102 Å². The third-order valence-corrected chi connectivity index (χ3v) is 2.36. The molecule has 1 rings (SSSR count). The molecule has 0 aliphatic carbocycles. The minimum atomic E-state index is -0.991. The molecule has 1 aromatic rings. The summed E-state index contributed by atoms with van der Waals surface area (Å²) >= 11 is 0. The van der Waals surface area contributed by atoms with Gasteiger partial charge in [-0.05, 0) is 13.8 Å². The van der Waals surface area contributed by atoms with Gasteiger partial charge in [0.15, 0.2) is 0 Å². The first kappa shape index (κ1) is 13.8. The predicted molar refractivity (Wildman–Crippen MR) is 61.3 cm³/mol. The Morgan fingerprint density at radius 2 is 2.28 bits per heavy atom. The summed E-state index contributed by atoms with van der Waals surface area (Å²) in [6, 6.07) is 0. The molecule has 0 saturated heterocycles. The molecule has 0 aliphatic heterocycles. The van der Waals surface area contributed by atoms with Gasteiger partial charge in [0, 0.05) is 6.54 Å². The number of aromatic nitrogens is 2. The highest BCUT2D eigenvalue weighted by atomic mass is 16.6. The highest BCUT2D eigenvalue weighted by molar-refractivity contribution is 5.81. The van der Waals surface area contributed by atoms with Crippen LogP contribution in [0, 0.1) is 15.5 Å². The van der Waals surface area contributed by atoms with E-state index in [0.29, 0.717) is 0 Å². The minimum Gasteiger partial charge on any atom is -0.294 e. The molecule has 0 spiro atoms. The van der Waals surface area contributed by atoms with Crippen molar-refractivity contribution in [3.8, 4) is 0 Å². The lowest BCUT2D eigenvalue weighted by Crippen LogP contribution is -2.44. The number of carbonyl (C=O) groups is 1. The molecule has 1 amide bonds. The van der Waals surface area contributed by atoms with Crippen molar-refractivity contribution in [1.82, 2.24) is 15.0 Å². The summed E-state index contributed by atoms with van der Waals surface area (Å²) in [6.45, 7) is 3.05. The molecule has 0 aromatic carbocycles. The summed E-state index contributed by atoms with van der Waals surface area (Å²) in [7, 11) is 0. The molecule has 98 valence electrons. The van der Waals surface area contributed by atoms with Crippen molar-refractivity contribution in [2.75, 3.05) is 0 Å². The molecule has 0 unspecified atom stereocenters. The van der Waals surface area contributed by atoms with Crippen molar-refractivity contribution >= 4 is 11.6 Å². The average Bonchev–Trinajstić information content (AvgIpc) is 2.30. The van der Waals surface area contributed by atoms with Gasteiger partial charge in [-0.2, -0.15) is 4.98 Å². The fourth-order valence-electron chi connectivity index (χ4n) is 1.34. The highest BCUT2D eigenvalue weighted by Crippen LogP contribution is 2.17. The third kappa shape index (κ3) is 2.88. The first-order valence-electron chi connectivity index (χ1n) is 5.00. The molecule has 0 aliphatic rings. The molecule has 18 heavy (non-hydrogen) atoms. The fourth-order valence-corrected chi connectivity index (χ4v) is 1.34. The molecular formula is C9H13N5O4. The number of rotatable bonds is 4. The standard InChI is InChI=1S/C9H13N5O4/c1-9(2,7(15)12-10)5-13-4-6(14(17)18)3-11-8(13)16/h3-4H,5,10H2,1-2H3,(H,12,15). The normalized spacial score (nSPS) is 11.1. The number of hydrazine groups is 1. The number of nitrogens with one attached hydrogen (secondary N) is 1. The van der Waals surface area contributed by atoms with Gasteiger partial charge in [-0.1, -0.05) is 0 Å². The molecule has 0 atom stereocenters. The van der Waals surface area contributed by atoms with Gasteiger partial charge in [0.2, 0.25) is 5.91 Å².